The van der Waals surface area contributed by atoms with Gasteiger partial charge < -0.3 is 5.32 Å². The van der Waals surface area contributed by atoms with E-state index >= 15 is 0 Å². The van der Waals surface area contributed by atoms with Crippen LogP contribution in [0.4, 0.5) is 18.9 Å². The molecule has 4 heteroatoms. The average Bonchev–Trinajstić information content (AvgIpc) is 2.33. The minimum Gasteiger partial charge on any atom is -0.382 e. The predicted octanol–water partition coefficient (Wildman–Crippen LogP) is 4.94. The van der Waals surface area contributed by atoms with E-state index in [0.29, 0.717) is 17.5 Å². The molecule has 0 radical (unpaired) electrons. The molecule has 1 aliphatic carbocycles. The largest absolute Gasteiger partial charge is 0.416 e. The van der Waals surface area contributed by atoms with Gasteiger partial charge in [-0.3, -0.25) is 0 Å². The van der Waals surface area contributed by atoms with Gasteiger partial charge in [0.1, 0.15) is 0 Å². The molecule has 1 aliphatic rings. The number of nitrogens with one attached hydrogen (secondary N) is 1. The van der Waals surface area contributed by atoms with Crippen molar-refractivity contribution in [3.63, 3.8) is 0 Å². The molecule has 0 saturated heterocycles. The lowest BCUT2D eigenvalue weighted by molar-refractivity contribution is -0.137. The van der Waals surface area contributed by atoms with Gasteiger partial charge >= 0.3 is 6.18 Å². The summed E-state index contributed by atoms with van der Waals surface area (Å²) in [5.41, 5.74) is -0.0194. The van der Waals surface area contributed by atoms with E-state index < -0.39 is 11.7 Å². The van der Waals surface area contributed by atoms with Gasteiger partial charge in [-0.2, -0.15) is 13.2 Å². The Balaban J connectivity index is 2.14. The molecule has 0 amide bonds. The molecule has 1 nitrogen and oxygen atoms in total. The third-order valence-corrected chi connectivity index (χ3v) is 4.07. The van der Waals surface area contributed by atoms with E-state index in [9.17, 15) is 13.2 Å². The summed E-state index contributed by atoms with van der Waals surface area (Å²) in [6, 6.07) is 5.75. The molecule has 0 aromatic heterocycles. The monoisotopic (exact) mass is 271 g/mol. The van der Waals surface area contributed by atoms with Crippen LogP contribution in [-0.2, 0) is 6.18 Å². The minimum atomic E-state index is -4.28. The summed E-state index contributed by atoms with van der Waals surface area (Å²) in [5.74, 6) is 0.997. The normalized spacial score (nSPS) is 28.2. The molecule has 2 unspecified atom stereocenters. The van der Waals surface area contributed by atoms with E-state index in [1.54, 1.807) is 6.07 Å². The van der Waals surface area contributed by atoms with E-state index in [2.05, 4.69) is 19.2 Å². The predicted molar refractivity (Wildman–Crippen MR) is 71.0 cm³/mol. The summed E-state index contributed by atoms with van der Waals surface area (Å²) in [5, 5.41) is 3.29. The van der Waals surface area contributed by atoms with Crippen molar-refractivity contribution >= 4 is 5.69 Å². The first-order chi connectivity index (χ1) is 8.88. The Morgan fingerprint density at radius 3 is 2.32 bits per heavy atom. The lowest BCUT2D eigenvalue weighted by Gasteiger charge is -2.36. The molecule has 2 rings (SSSR count). The highest BCUT2D eigenvalue weighted by Crippen LogP contribution is 2.34. The van der Waals surface area contributed by atoms with Crippen LogP contribution >= 0.6 is 0 Å². The van der Waals surface area contributed by atoms with Crippen molar-refractivity contribution in [3.8, 4) is 0 Å². The summed E-state index contributed by atoms with van der Waals surface area (Å²) < 4.78 is 38.0. The number of rotatable bonds is 2. The Labute approximate surface area is 112 Å². The Morgan fingerprint density at radius 1 is 1.11 bits per heavy atom. The maximum atomic E-state index is 12.7. The number of hydrogen-bond acceptors (Lipinski definition) is 1. The molecule has 0 spiro atoms. The molecule has 0 bridgehead atoms. The van der Waals surface area contributed by atoms with Gasteiger partial charge in [-0.05, 0) is 42.9 Å². The van der Waals surface area contributed by atoms with Crippen LogP contribution in [-0.4, -0.2) is 6.04 Å². The first-order valence-electron chi connectivity index (χ1n) is 6.81. The second-order valence-corrected chi connectivity index (χ2v) is 5.63. The van der Waals surface area contributed by atoms with Crippen molar-refractivity contribution in [1.82, 2.24) is 0 Å². The van der Waals surface area contributed by atoms with Gasteiger partial charge in [0, 0.05) is 11.7 Å². The van der Waals surface area contributed by atoms with Crippen molar-refractivity contribution in [1.29, 1.82) is 0 Å². The standard InChI is InChI=1S/C15H20F3N/c1-10-5-3-6-11(2)14(10)19-13-8-4-7-12(9-13)15(16,17)18/h4,7-11,14,19H,3,5-6H2,1-2H3. The number of halogens is 3. The minimum absolute atomic E-state index is 0.261. The first-order valence-corrected chi connectivity index (χ1v) is 6.81. The molecule has 1 N–H and O–H groups in total. The van der Waals surface area contributed by atoms with E-state index in [1.165, 1.54) is 18.6 Å². The van der Waals surface area contributed by atoms with Crippen LogP contribution in [0.3, 0.4) is 0 Å². The van der Waals surface area contributed by atoms with Crippen LogP contribution in [0.2, 0.25) is 0 Å². The maximum absolute atomic E-state index is 12.7. The van der Waals surface area contributed by atoms with Crippen LogP contribution in [0.15, 0.2) is 24.3 Å². The molecule has 1 fully saturated rings. The molecule has 0 heterocycles. The third kappa shape index (κ3) is 3.43. The SMILES string of the molecule is CC1CCCC(C)C1Nc1cccc(C(F)(F)F)c1. The Kier molecular flexibility index (Phi) is 4.07. The summed E-state index contributed by atoms with van der Waals surface area (Å²) in [4.78, 5) is 0. The summed E-state index contributed by atoms with van der Waals surface area (Å²) in [7, 11) is 0. The topological polar surface area (TPSA) is 12.0 Å². The van der Waals surface area contributed by atoms with Gasteiger partial charge in [-0.15, -0.1) is 0 Å². The Bertz CT molecular complexity index is 418. The van der Waals surface area contributed by atoms with Gasteiger partial charge in [0.25, 0.3) is 0 Å². The highest BCUT2D eigenvalue weighted by atomic mass is 19.4. The Hall–Kier alpha value is -1.19. The molecule has 0 aliphatic heterocycles. The Morgan fingerprint density at radius 2 is 1.74 bits per heavy atom. The lowest BCUT2D eigenvalue weighted by atomic mass is 9.78. The number of alkyl halides is 3. The third-order valence-electron chi connectivity index (χ3n) is 4.07. The van der Waals surface area contributed by atoms with Crippen LogP contribution < -0.4 is 5.32 Å². The quantitative estimate of drug-likeness (QED) is 0.803. The molecule has 2 atom stereocenters. The molecule has 1 saturated carbocycles. The fraction of sp³-hybridized carbons (Fsp3) is 0.600. The van der Waals surface area contributed by atoms with E-state index in [1.807, 2.05) is 0 Å². The number of benzene rings is 1. The molecular weight excluding hydrogens is 251 g/mol. The molecule has 19 heavy (non-hydrogen) atoms. The van der Waals surface area contributed by atoms with Gasteiger partial charge in [-0.25, -0.2) is 0 Å². The van der Waals surface area contributed by atoms with Crippen LogP contribution in [0, 0.1) is 11.8 Å². The smallest absolute Gasteiger partial charge is 0.382 e. The lowest BCUT2D eigenvalue weighted by Crippen LogP contribution is -2.37. The zero-order valence-electron chi connectivity index (χ0n) is 11.3. The highest BCUT2D eigenvalue weighted by molar-refractivity contribution is 5.47. The highest BCUT2D eigenvalue weighted by Gasteiger charge is 2.31. The number of anilines is 1. The van der Waals surface area contributed by atoms with E-state index in [0.717, 1.165) is 18.9 Å². The average molecular weight is 271 g/mol. The molecule has 106 valence electrons. The summed E-state index contributed by atoms with van der Waals surface area (Å²) in [6.45, 7) is 4.34. The van der Waals surface area contributed by atoms with E-state index in [4.69, 9.17) is 0 Å². The van der Waals surface area contributed by atoms with Crippen molar-refractivity contribution in [2.45, 2.75) is 45.3 Å². The second-order valence-electron chi connectivity index (χ2n) is 5.63. The van der Waals surface area contributed by atoms with Gasteiger partial charge in [-0.1, -0.05) is 26.3 Å². The summed E-state index contributed by atoms with van der Waals surface area (Å²) >= 11 is 0. The van der Waals surface area contributed by atoms with Crippen LogP contribution in [0.1, 0.15) is 38.7 Å². The molecule has 1 aromatic carbocycles. The summed E-state index contributed by atoms with van der Waals surface area (Å²) in [6.07, 6.45) is -0.785. The zero-order valence-corrected chi connectivity index (χ0v) is 11.3. The van der Waals surface area contributed by atoms with Gasteiger partial charge in [0.05, 0.1) is 5.56 Å². The van der Waals surface area contributed by atoms with Crippen molar-refractivity contribution in [3.05, 3.63) is 29.8 Å². The van der Waals surface area contributed by atoms with Gasteiger partial charge in [0.2, 0.25) is 0 Å². The number of hydrogen-bond donors (Lipinski definition) is 1. The van der Waals surface area contributed by atoms with Crippen molar-refractivity contribution in [2.75, 3.05) is 5.32 Å². The zero-order chi connectivity index (χ0) is 14.0. The van der Waals surface area contributed by atoms with E-state index in [-0.39, 0.29) is 6.04 Å². The molecular formula is C15H20F3N. The first kappa shape index (κ1) is 14.2. The van der Waals surface area contributed by atoms with Crippen molar-refractivity contribution in [2.24, 2.45) is 11.8 Å². The van der Waals surface area contributed by atoms with Gasteiger partial charge in [0.15, 0.2) is 0 Å². The molecule has 1 aromatic rings. The van der Waals surface area contributed by atoms with Crippen LogP contribution in [0.5, 0.6) is 0 Å². The fourth-order valence-electron chi connectivity index (χ4n) is 2.94. The van der Waals surface area contributed by atoms with Crippen molar-refractivity contribution < 1.29 is 13.2 Å². The maximum Gasteiger partial charge on any atom is 0.416 e. The second kappa shape index (κ2) is 5.43. The van der Waals surface area contributed by atoms with Crippen LogP contribution in [0.25, 0.3) is 0 Å². The fourth-order valence-corrected chi connectivity index (χ4v) is 2.94.